The predicted molar refractivity (Wildman–Crippen MR) is 55.7 cm³/mol. The van der Waals surface area contributed by atoms with Crippen LogP contribution in [0.4, 0.5) is 0 Å². The second-order valence-corrected chi connectivity index (χ2v) is 3.51. The lowest BCUT2D eigenvalue weighted by molar-refractivity contribution is 0.111. The molecule has 0 radical (unpaired) electrons. The topological polar surface area (TPSA) is 58.9 Å². The monoisotopic (exact) mass is 202 g/mol. The number of aromatic nitrogens is 1. The molecule has 3 heterocycles. The Balaban J connectivity index is 1.93. The Bertz CT molecular complexity index is 426. The van der Waals surface area contributed by atoms with Crippen molar-refractivity contribution in [3.8, 4) is 0 Å². The third kappa shape index (κ3) is 1.50. The van der Waals surface area contributed by atoms with Crippen molar-refractivity contribution in [2.45, 2.75) is 0 Å². The third-order valence-corrected chi connectivity index (χ3v) is 2.47. The Hall–Kier alpha value is -1.75. The van der Waals surface area contributed by atoms with Gasteiger partial charge in [-0.3, -0.25) is 20.3 Å². The fourth-order valence-electron chi connectivity index (χ4n) is 1.63. The second kappa shape index (κ2) is 3.43. The average Bonchev–Trinajstić information content (AvgIpc) is 2.77. The summed E-state index contributed by atoms with van der Waals surface area (Å²) in [4.78, 5) is 17.9. The van der Waals surface area contributed by atoms with E-state index in [2.05, 4.69) is 20.4 Å². The number of hydroxylamine groups is 1. The van der Waals surface area contributed by atoms with Gasteiger partial charge < -0.3 is 0 Å². The Labute approximate surface area is 86.9 Å². The lowest BCUT2D eigenvalue weighted by Gasteiger charge is -2.12. The molecule has 2 aliphatic rings. The number of aliphatic imine (C=N–C) groups is 2. The molecule has 0 aromatic carbocycles. The van der Waals surface area contributed by atoms with Crippen molar-refractivity contribution in [1.29, 1.82) is 0 Å². The number of rotatable bonds is 1. The molecule has 0 amide bonds. The minimum atomic E-state index is 0.301. The highest BCUT2D eigenvalue weighted by Crippen LogP contribution is 2.14. The molecule has 1 atom stereocenters. The van der Waals surface area contributed by atoms with E-state index in [1.807, 2.05) is 12.1 Å². The van der Waals surface area contributed by atoms with E-state index in [1.165, 1.54) is 0 Å². The quantitative estimate of drug-likeness (QED) is 0.716. The van der Waals surface area contributed by atoms with E-state index >= 15 is 0 Å². The zero-order valence-electron chi connectivity index (χ0n) is 8.05. The summed E-state index contributed by atoms with van der Waals surface area (Å²) in [5, 5.41) is 0. The first-order valence-corrected chi connectivity index (χ1v) is 4.85. The van der Waals surface area contributed by atoms with Crippen LogP contribution in [0.1, 0.15) is 5.56 Å². The number of nitrogens with zero attached hydrogens (tertiary/aromatic N) is 3. The highest BCUT2D eigenvalue weighted by molar-refractivity contribution is 6.08. The number of fused-ring (bicyclic) bond motifs is 1. The van der Waals surface area contributed by atoms with Crippen molar-refractivity contribution >= 4 is 11.7 Å². The van der Waals surface area contributed by atoms with Crippen LogP contribution in [0.3, 0.4) is 0 Å². The van der Waals surface area contributed by atoms with E-state index in [9.17, 15) is 0 Å². The summed E-state index contributed by atoms with van der Waals surface area (Å²) in [5.41, 5.74) is 3.80. The van der Waals surface area contributed by atoms with Gasteiger partial charge in [0.25, 0.3) is 0 Å². The second-order valence-electron chi connectivity index (χ2n) is 3.51. The van der Waals surface area contributed by atoms with Crippen molar-refractivity contribution in [2.75, 3.05) is 13.2 Å². The lowest BCUT2D eigenvalue weighted by atomic mass is 10.1. The molecular formula is C10H10N4O. The van der Waals surface area contributed by atoms with Gasteiger partial charge in [0, 0.05) is 18.0 Å². The van der Waals surface area contributed by atoms with Gasteiger partial charge in [-0.2, -0.15) is 0 Å². The van der Waals surface area contributed by atoms with Crippen molar-refractivity contribution in [1.82, 2.24) is 10.5 Å². The Kier molecular flexibility index (Phi) is 1.96. The van der Waals surface area contributed by atoms with Crippen LogP contribution in [0.2, 0.25) is 0 Å². The summed E-state index contributed by atoms with van der Waals surface area (Å²) in [6.07, 6.45) is 3.48. The molecule has 0 bridgehead atoms. The molecule has 1 aromatic rings. The molecule has 3 rings (SSSR count). The molecule has 1 fully saturated rings. The minimum absolute atomic E-state index is 0.301. The van der Waals surface area contributed by atoms with Crippen LogP contribution >= 0.6 is 0 Å². The van der Waals surface area contributed by atoms with Gasteiger partial charge >= 0.3 is 0 Å². The van der Waals surface area contributed by atoms with E-state index < -0.39 is 0 Å². The molecule has 1 unspecified atom stereocenters. The largest absolute Gasteiger partial charge is 0.274 e. The van der Waals surface area contributed by atoms with Crippen LogP contribution in [0.15, 0.2) is 34.5 Å². The SMILES string of the molecule is c1cc(C2=NCC3CONC3=N2)ccn1. The highest BCUT2D eigenvalue weighted by atomic mass is 16.7. The molecule has 1 saturated heterocycles. The molecule has 5 heteroatoms. The van der Waals surface area contributed by atoms with Crippen molar-refractivity contribution < 1.29 is 4.84 Å². The van der Waals surface area contributed by atoms with Gasteiger partial charge in [-0.05, 0) is 12.1 Å². The molecule has 15 heavy (non-hydrogen) atoms. The molecule has 0 aliphatic carbocycles. The summed E-state index contributed by atoms with van der Waals surface area (Å²) < 4.78 is 0. The van der Waals surface area contributed by atoms with Gasteiger partial charge in [0.1, 0.15) is 5.84 Å². The zero-order valence-corrected chi connectivity index (χ0v) is 8.05. The number of nitrogens with one attached hydrogen (secondary N) is 1. The van der Waals surface area contributed by atoms with Gasteiger partial charge in [-0.15, -0.1) is 0 Å². The average molecular weight is 202 g/mol. The van der Waals surface area contributed by atoms with Crippen molar-refractivity contribution in [3.05, 3.63) is 30.1 Å². The third-order valence-electron chi connectivity index (χ3n) is 2.47. The van der Waals surface area contributed by atoms with Gasteiger partial charge in [0.2, 0.25) is 0 Å². The summed E-state index contributed by atoms with van der Waals surface area (Å²) in [5.74, 6) is 1.94. The number of amidine groups is 2. The van der Waals surface area contributed by atoms with Crippen LogP contribution in [-0.4, -0.2) is 29.8 Å². The molecular weight excluding hydrogens is 192 g/mol. The first kappa shape index (κ1) is 8.55. The van der Waals surface area contributed by atoms with E-state index in [0.717, 1.165) is 23.8 Å². The van der Waals surface area contributed by atoms with Gasteiger partial charge in [0.05, 0.1) is 19.1 Å². The first-order chi connectivity index (χ1) is 7.43. The number of hydrogen-bond donors (Lipinski definition) is 1. The predicted octanol–water partition coefficient (Wildman–Crippen LogP) is 0.391. The Morgan fingerprint density at radius 3 is 3.07 bits per heavy atom. The highest BCUT2D eigenvalue weighted by Gasteiger charge is 2.27. The van der Waals surface area contributed by atoms with Gasteiger partial charge in [-0.1, -0.05) is 0 Å². The maximum absolute atomic E-state index is 5.11. The molecule has 76 valence electrons. The van der Waals surface area contributed by atoms with E-state index in [-0.39, 0.29) is 0 Å². The lowest BCUT2D eigenvalue weighted by Crippen LogP contribution is -2.27. The molecule has 5 nitrogen and oxygen atoms in total. The van der Waals surface area contributed by atoms with Crippen molar-refractivity contribution in [2.24, 2.45) is 15.9 Å². The van der Waals surface area contributed by atoms with Gasteiger partial charge in [0.15, 0.2) is 5.84 Å². The standard InChI is InChI=1S/C10H10N4O/c1-3-11-4-2-7(1)9-12-5-8-6-15-14-10(8)13-9/h1-4,8H,5-6H2,(H,12,13,14). The number of hydrogen-bond acceptors (Lipinski definition) is 5. The summed E-state index contributed by atoms with van der Waals surface area (Å²) in [7, 11) is 0. The van der Waals surface area contributed by atoms with Crippen LogP contribution in [-0.2, 0) is 4.84 Å². The molecule has 1 N–H and O–H groups in total. The smallest absolute Gasteiger partial charge is 0.156 e. The molecule has 0 saturated carbocycles. The summed E-state index contributed by atoms with van der Waals surface area (Å²) in [6, 6.07) is 3.80. The fraction of sp³-hybridized carbons (Fsp3) is 0.300. The normalized spacial score (nSPS) is 23.9. The maximum atomic E-state index is 5.11. The zero-order chi connectivity index (χ0) is 10.1. The first-order valence-electron chi connectivity index (χ1n) is 4.85. The maximum Gasteiger partial charge on any atom is 0.156 e. The summed E-state index contributed by atoms with van der Waals surface area (Å²) in [6.45, 7) is 1.40. The number of pyridine rings is 1. The van der Waals surface area contributed by atoms with E-state index in [0.29, 0.717) is 12.5 Å². The fourth-order valence-corrected chi connectivity index (χ4v) is 1.63. The van der Waals surface area contributed by atoms with Crippen LogP contribution < -0.4 is 5.48 Å². The van der Waals surface area contributed by atoms with Gasteiger partial charge in [-0.25, -0.2) is 4.99 Å². The molecule has 2 aliphatic heterocycles. The van der Waals surface area contributed by atoms with E-state index in [1.54, 1.807) is 12.4 Å². The molecule has 1 aromatic heterocycles. The molecule has 0 spiro atoms. The van der Waals surface area contributed by atoms with Crippen molar-refractivity contribution in [3.63, 3.8) is 0 Å². The van der Waals surface area contributed by atoms with E-state index in [4.69, 9.17) is 4.84 Å². The Morgan fingerprint density at radius 1 is 1.33 bits per heavy atom. The van der Waals surface area contributed by atoms with Crippen LogP contribution in [0, 0.1) is 5.92 Å². The minimum Gasteiger partial charge on any atom is -0.274 e. The van der Waals surface area contributed by atoms with Crippen LogP contribution in [0.5, 0.6) is 0 Å². The summed E-state index contributed by atoms with van der Waals surface area (Å²) >= 11 is 0. The Morgan fingerprint density at radius 2 is 2.20 bits per heavy atom. The van der Waals surface area contributed by atoms with Crippen LogP contribution in [0.25, 0.3) is 0 Å².